The van der Waals surface area contributed by atoms with Crippen molar-refractivity contribution in [2.45, 2.75) is 65.0 Å². The van der Waals surface area contributed by atoms with Crippen molar-refractivity contribution < 1.29 is 23.5 Å². The highest BCUT2D eigenvalue weighted by atomic mass is 19.1. The lowest BCUT2D eigenvalue weighted by Crippen LogP contribution is -2.47. The van der Waals surface area contributed by atoms with Crippen molar-refractivity contribution >= 4 is 23.0 Å². The average molecular weight is 524 g/mol. The van der Waals surface area contributed by atoms with Gasteiger partial charge in [-0.3, -0.25) is 4.79 Å². The SMILES string of the molecule is Cc1[nH]c2c(-c3cc(F)ccc3OCC3CC3)ncnc2c1C(=O)NC1CCN(C(=O)OC(C)(C)C)CC1. The number of piperidine rings is 1. The predicted molar refractivity (Wildman–Crippen MR) is 141 cm³/mol. The molecule has 5 rings (SSSR count). The van der Waals surface area contributed by atoms with Gasteiger partial charge in [0.1, 0.15) is 34.7 Å². The zero-order chi connectivity index (χ0) is 27.0. The molecule has 1 saturated carbocycles. The second kappa shape index (κ2) is 10.2. The molecule has 1 aromatic carbocycles. The van der Waals surface area contributed by atoms with Gasteiger partial charge in [-0.2, -0.15) is 0 Å². The fraction of sp³-hybridized carbons (Fsp3) is 0.500. The van der Waals surface area contributed by atoms with Crippen molar-refractivity contribution in [3.63, 3.8) is 0 Å². The highest BCUT2D eigenvalue weighted by Gasteiger charge is 2.29. The maximum Gasteiger partial charge on any atom is 0.410 e. The summed E-state index contributed by atoms with van der Waals surface area (Å²) in [5, 5.41) is 3.10. The highest BCUT2D eigenvalue weighted by molar-refractivity contribution is 6.09. The Morgan fingerprint density at radius 1 is 1.16 bits per heavy atom. The van der Waals surface area contributed by atoms with E-state index in [2.05, 4.69) is 20.3 Å². The molecule has 2 amide bonds. The molecule has 0 spiro atoms. The number of amides is 2. The van der Waals surface area contributed by atoms with Gasteiger partial charge in [-0.25, -0.2) is 19.2 Å². The first-order valence-corrected chi connectivity index (χ1v) is 13.1. The third kappa shape index (κ3) is 5.74. The molecule has 38 heavy (non-hydrogen) atoms. The predicted octanol–water partition coefficient (Wildman–Crippen LogP) is 4.99. The van der Waals surface area contributed by atoms with E-state index in [0.29, 0.717) is 77.8 Å². The second-order valence-corrected chi connectivity index (χ2v) is 11.2. The molecule has 1 aliphatic heterocycles. The topological polar surface area (TPSA) is 109 Å². The summed E-state index contributed by atoms with van der Waals surface area (Å²) in [4.78, 5) is 39.5. The number of nitrogens with one attached hydrogen (secondary N) is 2. The number of benzene rings is 1. The number of H-pyrrole nitrogens is 1. The van der Waals surface area contributed by atoms with E-state index in [-0.39, 0.29) is 18.0 Å². The smallest absolute Gasteiger partial charge is 0.410 e. The van der Waals surface area contributed by atoms with Crippen LogP contribution in [0.1, 0.15) is 62.5 Å². The lowest BCUT2D eigenvalue weighted by atomic mass is 10.0. The van der Waals surface area contributed by atoms with Gasteiger partial charge in [0.2, 0.25) is 0 Å². The number of rotatable bonds is 6. The Bertz CT molecular complexity index is 1350. The maximum atomic E-state index is 14.3. The van der Waals surface area contributed by atoms with Crippen LogP contribution < -0.4 is 10.1 Å². The Balaban J connectivity index is 1.34. The number of carbonyl (C=O) groups is 2. The quantitative estimate of drug-likeness (QED) is 0.471. The molecule has 0 radical (unpaired) electrons. The first-order chi connectivity index (χ1) is 18.1. The van der Waals surface area contributed by atoms with Crippen LogP contribution in [0.25, 0.3) is 22.3 Å². The van der Waals surface area contributed by atoms with Crippen molar-refractivity contribution in [3.05, 3.63) is 41.6 Å². The Kier molecular flexibility index (Phi) is 6.98. The van der Waals surface area contributed by atoms with Crippen LogP contribution in [-0.4, -0.2) is 63.2 Å². The summed E-state index contributed by atoms with van der Waals surface area (Å²) in [6.07, 6.45) is 4.58. The molecular weight excluding hydrogens is 489 g/mol. The molecule has 2 N–H and O–H groups in total. The summed E-state index contributed by atoms with van der Waals surface area (Å²) >= 11 is 0. The van der Waals surface area contributed by atoms with Crippen molar-refractivity contribution in [1.82, 2.24) is 25.2 Å². The van der Waals surface area contributed by atoms with Gasteiger partial charge in [0.25, 0.3) is 5.91 Å². The molecule has 202 valence electrons. The average Bonchev–Trinajstić information content (AvgIpc) is 3.62. The van der Waals surface area contributed by atoms with Gasteiger partial charge in [0, 0.05) is 30.4 Å². The zero-order valence-corrected chi connectivity index (χ0v) is 22.3. The molecule has 10 heteroatoms. The number of likely N-dealkylation sites (tertiary alicyclic amines) is 1. The van der Waals surface area contributed by atoms with Crippen molar-refractivity contribution in [1.29, 1.82) is 0 Å². The summed E-state index contributed by atoms with van der Waals surface area (Å²) in [6, 6.07) is 4.31. The lowest BCUT2D eigenvalue weighted by molar-refractivity contribution is 0.0199. The van der Waals surface area contributed by atoms with Gasteiger partial charge in [-0.05, 0) is 77.5 Å². The first kappa shape index (κ1) is 25.9. The molecule has 1 aliphatic carbocycles. The van der Waals surface area contributed by atoms with Gasteiger partial charge in [0.15, 0.2) is 0 Å². The first-order valence-electron chi connectivity index (χ1n) is 13.1. The fourth-order valence-electron chi connectivity index (χ4n) is 4.70. The Hall–Kier alpha value is -3.69. The molecule has 9 nitrogen and oxygen atoms in total. The summed E-state index contributed by atoms with van der Waals surface area (Å²) in [5.41, 5.74) is 2.53. The van der Waals surface area contributed by atoms with E-state index in [9.17, 15) is 14.0 Å². The van der Waals surface area contributed by atoms with Crippen LogP contribution in [0.4, 0.5) is 9.18 Å². The molecular formula is C28H34FN5O4. The monoisotopic (exact) mass is 523 g/mol. The van der Waals surface area contributed by atoms with Crippen molar-refractivity contribution in [2.24, 2.45) is 5.92 Å². The van der Waals surface area contributed by atoms with Crippen LogP contribution >= 0.6 is 0 Å². The Morgan fingerprint density at radius 3 is 2.58 bits per heavy atom. The van der Waals surface area contributed by atoms with Gasteiger partial charge < -0.3 is 24.7 Å². The van der Waals surface area contributed by atoms with Crippen LogP contribution in [-0.2, 0) is 4.74 Å². The number of hydrogen-bond donors (Lipinski definition) is 2. The Labute approximate surface area is 221 Å². The minimum atomic E-state index is -0.550. The number of carbonyl (C=O) groups excluding carboxylic acids is 2. The summed E-state index contributed by atoms with van der Waals surface area (Å²) in [7, 11) is 0. The van der Waals surface area contributed by atoms with Gasteiger partial charge >= 0.3 is 6.09 Å². The van der Waals surface area contributed by atoms with E-state index in [4.69, 9.17) is 9.47 Å². The third-order valence-corrected chi connectivity index (χ3v) is 6.85. The van der Waals surface area contributed by atoms with Crippen LogP contribution in [0.5, 0.6) is 5.75 Å². The molecule has 3 aromatic rings. The van der Waals surface area contributed by atoms with Gasteiger partial charge in [-0.15, -0.1) is 0 Å². The minimum absolute atomic E-state index is 0.0857. The maximum absolute atomic E-state index is 14.3. The number of fused-ring (bicyclic) bond motifs is 1. The largest absolute Gasteiger partial charge is 0.493 e. The van der Waals surface area contributed by atoms with Crippen LogP contribution in [0.15, 0.2) is 24.5 Å². The molecule has 0 unspecified atom stereocenters. The molecule has 1 saturated heterocycles. The normalized spacial score (nSPS) is 16.5. The Morgan fingerprint density at radius 2 is 1.89 bits per heavy atom. The van der Waals surface area contributed by atoms with Crippen molar-refractivity contribution in [2.75, 3.05) is 19.7 Å². The molecule has 3 heterocycles. The molecule has 2 aliphatic rings. The number of aromatic amines is 1. The third-order valence-electron chi connectivity index (χ3n) is 6.85. The number of halogens is 1. The fourth-order valence-corrected chi connectivity index (χ4v) is 4.70. The number of aromatic nitrogens is 3. The number of hydrogen-bond acceptors (Lipinski definition) is 6. The van der Waals surface area contributed by atoms with Gasteiger partial charge in [-0.1, -0.05) is 0 Å². The van der Waals surface area contributed by atoms with E-state index < -0.39 is 11.4 Å². The molecule has 0 bridgehead atoms. The van der Waals surface area contributed by atoms with E-state index >= 15 is 0 Å². The van der Waals surface area contributed by atoms with Crippen LogP contribution in [0.3, 0.4) is 0 Å². The van der Waals surface area contributed by atoms with Crippen LogP contribution in [0, 0.1) is 18.7 Å². The second-order valence-electron chi connectivity index (χ2n) is 11.2. The van der Waals surface area contributed by atoms with E-state index in [1.807, 2.05) is 27.7 Å². The minimum Gasteiger partial charge on any atom is -0.493 e. The lowest BCUT2D eigenvalue weighted by Gasteiger charge is -2.33. The highest BCUT2D eigenvalue weighted by Crippen LogP contribution is 2.36. The van der Waals surface area contributed by atoms with E-state index in [1.165, 1.54) is 18.5 Å². The molecule has 0 atom stereocenters. The summed E-state index contributed by atoms with van der Waals surface area (Å²) in [6.45, 7) is 8.91. The summed E-state index contributed by atoms with van der Waals surface area (Å²) < 4.78 is 25.7. The molecule has 2 fully saturated rings. The standard InChI is InChI=1S/C28H34FN5O4/c1-16-22(26(35)33-19-9-11-34(12-10-19)27(36)38-28(2,3)4)24-25(32-16)23(30-15-31-24)20-13-18(29)7-8-21(20)37-14-17-5-6-17/h7-8,13,15,17,19,32H,5-6,9-12,14H2,1-4H3,(H,33,35). The number of nitrogens with zero attached hydrogens (tertiary/aromatic N) is 3. The van der Waals surface area contributed by atoms with E-state index in [0.717, 1.165) is 12.8 Å². The van der Waals surface area contributed by atoms with Crippen molar-refractivity contribution in [3.8, 4) is 17.0 Å². The molecule has 2 aromatic heterocycles. The van der Waals surface area contributed by atoms with Gasteiger partial charge in [0.05, 0.1) is 17.7 Å². The van der Waals surface area contributed by atoms with E-state index in [1.54, 1.807) is 11.0 Å². The zero-order valence-electron chi connectivity index (χ0n) is 22.3. The van der Waals surface area contributed by atoms with Crippen LogP contribution in [0.2, 0.25) is 0 Å². The number of aryl methyl sites for hydroxylation is 1. The summed E-state index contributed by atoms with van der Waals surface area (Å²) in [5.74, 6) is 0.439. The number of ether oxygens (including phenoxy) is 2.